The average molecular weight is 289 g/mol. The number of aryl methyl sites for hydroxylation is 1. The Labute approximate surface area is 123 Å². The van der Waals surface area contributed by atoms with Gasteiger partial charge in [0.05, 0.1) is 0 Å². The normalized spacial score (nSPS) is 14.9. The van der Waals surface area contributed by atoms with Crippen LogP contribution in [0.5, 0.6) is 0 Å². The molecule has 0 aliphatic carbocycles. The van der Waals surface area contributed by atoms with Crippen molar-refractivity contribution in [3.8, 4) is 0 Å². The van der Waals surface area contributed by atoms with Gasteiger partial charge in [0, 0.05) is 32.2 Å². The fourth-order valence-corrected chi connectivity index (χ4v) is 2.12. The molecule has 0 spiro atoms. The second-order valence-corrected chi connectivity index (χ2v) is 4.95. The van der Waals surface area contributed by atoms with Crippen LogP contribution in [0.3, 0.4) is 0 Å². The van der Waals surface area contributed by atoms with Crippen molar-refractivity contribution in [1.29, 1.82) is 0 Å². The van der Waals surface area contributed by atoms with Gasteiger partial charge in [-0.15, -0.1) is 0 Å². The fraction of sp³-hybridized carbons (Fsp3) is 0.400. The maximum Gasteiger partial charge on any atom is 0.271 e. The first-order chi connectivity index (χ1) is 10.1. The van der Waals surface area contributed by atoms with Gasteiger partial charge in [-0.25, -0.2) is 5.01 Å². The molecule has 112 valence electrons. The van der Waals surface area contributed by atoms with Gasteiger partial charge in [-0.05, 0) is 30.5 Å². The highest BCUT2D eigenvalue weighted by Crippen LogP contribution is 2.14. The molecule has 1 aromatic rings. The van der Waals surface area contributed by atoms with Crippen LogP contribution in [0.2, 0.25) is 0 Å². The van der Waals surface area contributed by atoms with Crippen LogP contribution in [-0.4, -0.2) is 41.3 Å². The van der Waals surface area contributed by atoms with E-state index < -0.39 is 0 Å². The monoisotopic (exact) mass is 289 g/mol. The molecular weight excluding hydrogens is 270 g/mol. The molecule has 21 heavy (non-hydrogen) atoms. The predicted octanol–water partition coefficient (Wildman–Crippen LogP) is 1.16. The van der Waals surface area contributed by atoms with Crippen molar-refractivity contribution in [3.63, 3.8) is 0 Å². The summed E-state index contributed by atoms with van der Waals surface area (Å²) in [4.78, 5) is 23.5. The van der Waals surface area contributed by atoms with E-state index in [-0.39, 0.29) is 18.4 Å². The number of carbonyl (C=O) groups is 2. The number of nitrogens with zero attached hydrogens (tertiary/aromatic N) is 2. The van der Waals surface area contributed by atoms with E-state index in [0.717, 1.165) is 12.0 Å². The van der Waals surface area contributed by atoms with Crippen LogP contribution in [-0.2, 0) is 16.0 Å². The Balaban J connectivity index is 2.02. The molecule has 2 rings (SSSR count). The lowest BCUT2D eigenvalue weighted by molar-refractivity contribution is -0.130. The molecule has 2 N–H and O–H groups in total. The van der Waals surface area contributed by atoms with Crippen LogP contribution in [0.1, 0.15) is 24.8 Å². The molecule has 0 aromatic heterocycles. The smallest absolute Gasteiger partial charge is 0.271 e. The summed E-state index contributed by atoms with van der Waals surface area (Å²) in [7, 11) is 1.55. The molecule has 1 aliphatic rings. The van der Waals surface area contributed by atoms with E-state index in [9.17, 15) is 9.59 Å². The largest absolute Gasteiger partial charge is 0.396 e. The number of nitrogens with one attached hydrogen (secondary N) is 1. The van der Waals surface area contributed by atoms with Crippen LogP contribution < -0.4 is 5.32 Å². The van der Waals surface area contributed by atoms with Gasteiger partial charge in [0.25, 0.3) is 5.91 Å². The lowest BCUT2D eigenvalue weighted by Crippen LogP contribution is -2.34. The number of benzene rings is 1. The molecule has 0 radical (unpaired) electrons. The third-order valence-corrected chi connectivity index (χ3v) is 3.28. The molecule has 0 atom stereocenters. The topological polar surface area (TPSA) is 82.0 Å². The minimum absolute atomic E-state index is 0.0856. The first kappa shape index (κ1) is 15.2. The van der Waals surface area contributed by atoms with E-state index in [1.54, 1.807) is 13.1 Å². The summed E-state index contributed by atoms with van der Waals surface area (Å²) in [6.07, 6.45) is 2.12. The fourth-order valence-electron chi connectivity index (χ4n) is 2.12. The number of amides is 2. The lowest BCUT2D eigenvalue weighted by atomic mass is 10.1. The van der Waals surface area contributed by atoms with Crippen LogP contribution in [0.4, 0.5) is 5.69 Å². The maximum absolute atomic E-state index is 12.1. The highest BCUT2D eigenvalue weighted by atomic mass is 16.3. The number of carbonyl (C=O) groups excluding carboxylic acids is 2. The third kappa shape index (κ3) is 4.13. The van der Waals surface area contributed by atoms with Gasteiger partial charge < -0.3 is 10.4 Å². The Morgan fingerprint density at radius 3 is 2.95 bits per heavy atom. The van der Waals surface area contributed by atoms with Gasteiger partial charge in [0.2, 0.25) is 5.91 Å². The van der Waals surface area contributed by atoms with Crippen LogP contribution in [0.15, 0.2) is 29.4 Å². The number of hydrogen-bond acceptors (Lipinski definition) is 4. The second-order valence-electron chi connectivity index (χ2n) is 4.95. The minimum Gasteiger partial charge on any atom is -0.396 e. The molecule has 0 saturated carbocycles. The Morgan fingerprint density at radius 2 is 2.24 bits per heavy atom. The number of anilines is 1. The van der Waals surface area contributed by atoms with Crippen molar-refractivity contribution in [2.45, 2.75) is 25.7 Å². The molecule has 1 aromatic carbocycles. The van der Waals surface area contributed by atoms with Crippen molar-refractivity contribution >= 4 is 23.2 Å². The molecule has 2 amide bonds. The highest BCUT2D eigenvalue weighted by molar-refractivity contribution is 6.43. The average Bonchev–Trinajstić information content (AvgIpc) is 2.48. The van der Waals surface area contributed by atoms with Crippen molar-refractivity contribution in [2.75, 3.05) is 19.0 Å². The third-order valence-electron chi connectivity index (χ3n) is 3.28. The van der Waals surface area contributed by atoms with E-state index in [1.165, 1.54) is 5.01 Å². The van der Waals surface area contributed by atoms with Gasteiger partial charge in [-0.2, -0.15) is 5.10 Å². The van der Waals surface area contributed by atoms with Crippen LogP contribution in [0, 0.1) is 0 Å². The van der Waals surface area contributed by atoms with Crippen LogP contribution >= 0.6 is 0 Å². The number of hydrazone groups is 1. The standard InChI is InChI=1S/C15H19N3O3/c1-18-14(20)8-7-13(17-18)15(21)16-12-6-2-4-11(10-12)5-3-9-19/h2,4,6,10,19H,3,5,7-9H2,1H3,(H,16,21). The number of hydrogen-bond donors (Lipinski definition) is 2. The number of aliphatic hydroxyl groups is 1. The van der Waals surface area contributed by atoms with Gasteiger partial charge in [0.15, 0.2) is 0 Å². The van der Waals surface area contributed by atoms with Crippen LogP contribution in [0.25, 0.3) is 0 Å². The Hall–Kier alpha value is -2.21. The molecule has 0 unspecified atom stereocenters. The van der Waals surface area contributed by atoms with E-state index >= 15 is 0 Å². The predicted molar refractivity (Wildman–Crippen MR) is 79.9 cm³/mol. The second kappa shape index (κ2) is 6.99. The summed E-state index contributed by atoms with van der Waals surface area (Å²) < 4.78 is 0. The first-order valence-electron chi connectivity index (χ1n) is 6.95. The molecular formula is C15H19N3O3. The molecule has 1 aliphatic heterocycles. The summed E-state index contributed by atoms with van der Waals surface area (Å²) in [5, 5.41) is 16.8. The molecule has 0 saturated heterocycles. The van der Waals surface area contributed by atoms with Crippen molar-refractivity contribution in [3.05, 3.63) is 29.8 Å². The highest BCUT2D eigenvalue weighted by Gasteiger charge is 2.21. The van der Waals surface area contributed by atoms with Crippen molar-refractivity contribution in [2.24, 2.45) is 5.10 Å². The summed E-state index contributed by atoms with van der Waals surface area (Å²) in [5.41, 5.74) is 2.11. The summed E-state index contributed by atoms with van der Waals surface area (Å²) in [5.74, 6) is -0.369. The van der Waals surface area contributed by atoms with E-state index in [1.807, 2.05) is 18.2 Å². The summed E-state index contributed by atoms with van der Waals surface area (Å²) >= 11 is 0. The number of rotatable bonds is 5. The van der Waals surface area contributed by atoms with Gasteiger partial charge in [0.1, 0.15) is 5.71 Å². The molecule has 1 heterocycles. The van der Waals surface area contributed by atoms with Crippen molar-refractivity contribution < 1.29 is 14.7 Å². The zero-order valence-electron chi connectivity index (χ0n) is 12.0. The SMILES string of the molecule is CN1N=C(C(=O)Nc2cccc(CCCO)c2)CCC1=O. The molecule has 6 heteroatoms. The summed E-state index contributed by atoms with van der Waals surface area (Å²) in [6.45, 7) is 0.147. The van der Waals surface area contributed by atoms with E-state index in [2.05, 4.69) is 10.4 Å². The Morgan fingerprint density at radius 1 is 1.43 bits per heavy atom. The lowest BCUT2D eigenvalue weighted by Gasteiger charge is -2.19. The zero-order chi connectivity index (χ0) is 15.2. The molecule has 0 bridgehead atoms. The summed E-state index contributed by atoms with van der Waals surface area (Å²) in [6, 6.07) is 7.50. The maximum atomic E-state index is 12.1. The number of aliphatic hydroxyl groups excluding tert-OH is 1. The van der Waals surface area contributed by atoms with Crippen molar-refractivity contribution in [1.82, 2.24) is 5.01 Å². The zero-order valence-corrected chi connectivity index (χ0v) is 12.0. The van der Waals surface area contributed by atoms with Gasteiger partial charge >= 0.3 is 0 Å². The van der Waals surface area contributed by atoms with E-state index in [4.69, 9.17) is 5.11 Å². The molecule has 6 nitrogen and oxygen atoms in total. The van der Waals surface area contributed by atoms with Gasteiger partial charge in [-0.1, -0.05) is 12.1 Å². The quantitative estimate of drug-likeness (QED) is 0.853. The molecule has 0 fully saturated rings. The first-order valence-corrected chi connectivity index (χ1v) is 6.95. The Bertz CT molecular complexity index is 569. The van der Waals surface area contributed by atoms with Gasteiger partial charge in [-0.3, -0.25) is 9.59 Å². The Kier molecular flexibility index (Phi) is 5.05. The minimum atomic E-state index is -0.284. The van der Waals surface area contributed by atoms with E-state index in [0.29, 0.717) is 30.7 Å².